The third kappa shape index (κ3) is 3.59. The zero-order valence-corrected chi connectivity index (χ0v) is 17.4. The van der Waals surface area contributed by atoms with Crippen molar-refractivity contribution in [3.05, 3.63) is 28.8 Å². The van der Waals surface area contributed by atoms with Gasteiger partial charge >= 0.3 is 0 Å². The van der Waals surface area contributed by atoms with Crippen molar-refractivity contribution in [2.24, 2.45) is 0 Å². The molecule has 2 aliphatic rings. The lowest BCUT2D eigenvalue weighted by molar-refractivity contribution is 0.102. The summed E-state index contributed by atoms with van der Waals surface area (Å²) in [6, 6.07) is 2.30. The minimum Gasteiger partial charge on any atom is -0.344 e. The minimum atomic E-state index is -2.97. The largest absolute Gasteiger partial charge is 0.344 e. The van der Waals surface area contributed by atoms with E-state index in [0.29, 0.717) is 23.8 Å². The van der Waals surface area contributed by atoms with Crippen LogP contribution in [0.4, 0.5) is 0 Å². The van der Waals surface area contributed by atoms with Crippen LogP contribution in [0.2, 0.25) is 0 Å². The molecule has 146 valence electrons. The van der Waals surface area contributed by atoms with Crippen LogP contribution in [-0.4, -0.2) is 50.8 Å². The number of sulfone groups is 1. The Kier molecular flexibility index (Phi) is 4.70. The fourth-order valence-electron chi connectivity index (χ4n) is 4.01. The van der Waals surface area contributed by atoms with E-state index in [4.69, 9.17) is 0 Å². The first-order chi connectivity index (χ1) is 12.8. The number of hydrogen-bond acceptors (Lipinski definition) is 6. The molecule has 0 N–H and O–H groups in total. The van der Waals surface area contributed by atoms with E-state index >= 15 is 0 Å². The molecule has 9 heteroatoms. The van der Waals surface area contributed by atoms with Crippen molar-refractivity contribution in [3.8, 4) is 0 Å². The minimum absolute atomic E-state index is 0.0446. The van der Waals surface area contributed by atoms with Gasteiger partial charge in [-0.25, -0.2) is 8.42 Å². The van der Waals surface area contributed by atoms with Crippen molar-refractivity contribution in [3.63, 3.8) is 0 Å². The van der Waals surface area contributed by atoms with Gasteiger partial charge in [-0.15, -0.1) is 10.2 Å². The van der Waals surface area contributed by atoms with Gasteiger partial charge in [0, 0.05) is 29.0 Å². The van der Waals surface area contributed by atoms with Gasteiger partial charge in [0.15, 0.2) is 20.8 Å². The maximum absolute atomic E-state index is 12.8. The topological polar surface area (TPSA) is 86.8 Å². The molecule has 0 bridgehead atoms. The normalized spacial score (nSPS) is 21.7. The average molecular weight is 409 g/mol. The van der Waals surface area contributed by atoms with Crippen LogP contribution in [0.3, 0.4) is 0 Å². The standard InChI is InChI=1S/C18H24N4O3S2/c1-11-8-16(12(2)21(11)15-6-7-27(24,25)10-15)17(23)9-26-18-20-19-13(3)22(18)14-4-5-14/h8,14-15H,4-7,9-10H2,1-3H3/t15-/m0/s1. The predicted octanol–water partition coefficient (Wildman–Crippen LogP) is 2.67. The van der Waals surface area contributed by atoms with Crippen molar-refractivity contribution in [2.75, 3.05) is 17.3 Å². The van der Waals surface area contributed by atoms with Crippen molar-refractivity contribution < 1.29 is 13.2 Å². The van der Waals surface area contributed by atoms with Gasteiger partial charge in [-0.1, -0.05) is 11.8 Å². The first-order valence-corrected chi connectivity index (χ1v) is 12.0. The van der Waals surface area contributed by atoms with E-state index in [9.17, 15) is 13.2 Å². The van der Waals surface area contributed by atoms with Gasteiger partial charge in [-0.3, -0.25) is 4.79 Å². The molecular weight excluding hydrogens is 384 g/mol. The van der Waals surface area contributed by atoms with E-state index in [1.807, 2.05) is 31.4 Å². The maximum Gasteiger partial charge on any atom is 0.191 e. The number of Topliss-reactive ketones (excluding diaryl/α,β-unsaturated/α-hetero) is 1. The first-order valence-electron chi connectivity index (χ1n) is 9.23. The van der Waals surface area contributed by atoms with Crippen LogP contribution in [0, 0.1) is 20.8 Å². The van der Waals surface area contributed by atoms with Crippen LogP contribution >= 0.6 is 11.8 Å². The van der Waals surface area contributed by atoms with Crippen molar-refractivity contribution in [1.29, 1.82) is 0 Å². The molecule has 2 aromatic heterocycles. The summed E-state index contributed by atoms with van der Waals surface area (Å²) in [6.45, 7) is 5.79. The Labute approximate surface area is 163 Å². The van der Waals surface area contributed by atoms with E-state index in [0.717, 1.165) is 35.2 Å². The lowest BCUT2D eigenvalue weighted by atomic mass is 10.2. The molecular formula is C18H24N4O3S2. The highest BCUT2D eigenvalue weighted by Gasteiger charge is 2.32. The Morgan fingerprint density at radius 2 is 1.89 bits per heavy atom. The fraction of sp³-hybridized carbons (Fsp3) is 0.611. The van der Waals surface area contributed by atoms with Crippen LogP contribution in [0.5, 0.6) is 0 Å². The zero-order valence-electron chi connectivity index (χ0n) is 15.8. The highest BCUT2D eigenvalue weighted by molar-refractivity contribution is 7.99. The van der Waals surface area contributed by atoms with Crippen molar-refractivity contribution in [1.82, 2.24) is 19.3 Å². The predicted molar refractivity (Wildman–Crippen MR) is 104 cm³/mol. The van der Waals surface area contributed by atoms with E-state index < -0.39 is 9.84 Å². The maximum atomic E-state index is 12.8. The molecule has 1 atom stereocenters. The Hall–Kier alpha value is -1.61. The van der Waals surface area contributed by atoms with Crippen molar-refractivity contribution in [2.45, 2.75) is 57.3 Å². The highest BCUT2D eigenvalue weighted by Crippen LogP contribution is 2.38. The average Bonchev–Trinajstić information content (AvgIpc) is 3.18. The smallest absolute Gasteiger partial charge is 0.191 e. The Morgan fingerprint density at radius 3 is 2.52 bits per heavy atom. The molecule has 2 aromatic rings. The van der Waals surface area contributed by atoms with Gasteiger partial charge in [0.05, 0.1) is 17.3 Å². The number of aromatic nitrogens is 4. The molecule has 0 amide bonds. The van der Waals surface area contributed by atoms with Gasteiger partial charge in [0.25, 0.3) is 0 Å². The van der Waals surface area contributed by atoms with Gasteiger partial charge < -0.3 is 9.13 Å². The summed E-state index contributed by atoms with van der Waals surface area (Å²) in [5, 5.41) is 9.17. The van der Waals surface area contributed by atoms with E-state index in [-0.39, 0.29) is 23.3 Å². The SMILES string of the molecule is Cc1nnc(SCC(=O)c2cc(C)n([C@H]3CCS(=O)(=O)C3)c2C)n1C1CC1. The summed E-state index contributed by atoms with van der Waals surface area (Å²) < 4.78 is 27.8. The molecule has 1 saturated heterocycles. The first kappa shape index (κ1) is 18.7. The lowest BCUT2D eigenvalue weighted by Crippen LogP contribution is -2.14. The number of ketones is 1. The van der Waals surface area contributed by atoms with Crippen LogP contribution in [0.15, 0.2) is 11.2 Å². The fourth-order valence-corrected chi connectivity index (χ4v) is 6.64. The summed E-state index contributed by atoms with van der Waals surface area (Å²) in [6.07, 6.45) is 2.91. The van der Waals surface area contributed by atoms with Crippen LogP contribution in [0.1, 0.15) is 58.9 Å². The molecule has 1 aliphatic carbocycles. The molecule has 0 spiro atoms. The number of carbonyl (C=O) groups is 1. The molecule has 0 radical (unpaired) electrons. The number of hydrogen-bond donors (Lipinski definition) is 0. The molecule has 0 unspecified atom stereocenters. The van der Waals surface area contributed by atoms with E-state index in [2.05, 4.69) is 14.8 Å². The Balaban J connectivity index is 1.51. The second-order valence-electron chi connectivity index (χ2n) is 7.55. The summed E-state index contributed by atoms with van der Waals surface area (Å²) >= 11 is 1.43. The Morgan fingerprint density at radius 1 is 1.15 bits per heavy atom. The number of carbonyl (C=O) groups excluding carboxylic acids is 1. The molecule has 0 aromatic carbocycles. The molecule has 27 heavy (non-hydrogen) atoms. The number of aryl methyl sites for hydroxylation is 2. The van der Waals surface area contributed by atoms with Crippen LogP contribution in [0.25, 0.3) is 0 Å². The van der Waals surface area contributed by atoms with Crippen LogP contribution in [-0.2, 0) is 9.84 Å². The summed E-state index contributed by atoms with van der Waals surface area (Å²) in [7, 11) is -2.97. The molecule has 7 nitrogen and oxygen atoms in total. The molecule has 1 aliphatic heterocycles. The van der Waals surface area contributed by atoms with Gasteiger partial charge in [-0.2, -0.15) is 0 Å². The molecule has 1 saturated carbocycles. The van der Waals surface area contributed by atoms with E-state index in [1.54, 1.807) is 0 Å². The van der Waals surface area contributed by atoms with Gasteiger partial charge in [0.1, 0.15) is 5.82 Å². The molecule has 3 heterocycles. The monoisotopic (exact) mass is 408 g/mol. The second-order valence-corrected chi connectivity index (χ2v) is 10.7. The zero-order chi connectivity index (χ0) is 19.3. The number of rotatable bonds is 6. The molecule has 4 rings (SSSR count). The summed E-state index contributed by atoms with van der Waals surface area (Å²) in [5.41, 5.74) is 2.48. The number of nitrogens with zero attached hydrogens (tertiary/aromatic N) is 4. The van der Waals surface area contributed by atoms with Gasteiger partial charge in [-0.05, 0) is 46.1 Å². The third-order valence-corrected chi connectivity index (χ3v) is 8.13. The van der Waals surface area contributed by atoms with E-state index in [1.165, 1.54) is 11.8 Å². The summed E-state index contributed by atoms with van der Waals surface area (Å²) in [4.78, 5) is 12.8. The molecule has 2 fully saturated rings. The third-order valence-electron chi connectivity index (χ3n) is 5.44. The highest BCUT2D eigenvalue weighted by atomic mass is 32.2. The van der Waals surface area contributed by atoms with Gasteiger partial charge in [0.2, 0.25) is 0 Å². The van der Waals surface area contributed by atoms with Crippen LogP contribution < -0.4 is 0 Å². The Bertz CT molecular complexity index is 1000. The quantitative estimate of drug-likeness (QED) is 0.539. The van der Waals surface area contributed by atoms with Crippen molar-refractivity contribution >= 4 is 27.4 Å². The second kappa shape index (κ2) is 6.77. The number of thioether (sulfide) groups is 1. The lowest BCUT2D eigenvalue weighted by Gasteiger charge is -2.16. The summed E-state index contributed by atoms with van der Waals surface area (Å²) in [5.74, 6) is 1.63.